The fourth-order valence-electron chi connectivity index (χ4n) is 4.43. The van der Waals surface area contributed by atoms with Crippen molar-refractivity contribution in [2.45, 2.75) is 83.9 Å². The maximum atomic E-state index is 6.05. The van der Waals surface area contributed by atoms with E-state index in [1.165, 1.54) is 51.5 Å². The van der Waals surface area contributed by atoms with Crippen LogP contribution in [-0.4, -0.2) is 70.6 Å². The van der Waals surface area contributed by atoms with Gasteiger partial charge in [0, 0.05) is 32.8 Å². The Morgan fingerprint density at radius 1 is 1.13 bits per heavy atom. The first kappa shape index (κ1) is 26.3. The lowest BCUT2D eigenvalue weighted by Gasteiger charge is -2.24. The molecule has 1 aliphatic carbocycles. The van der Waals surface area contributed by atoms with Crippen molar-refractivity contribution in [3.63, 3.8) is 0 Å². The van der Waals surface area contributed by atoms with Gasteiger partial charge >= 0.3 is 0 Å². The molecule has 3 rings (SSSR count). The second-order valence-electron chi connectivity index (χ2n) is 8.60. The van der Waals surface area contributed by atoms with Gasteiger partial charge in [-0.3, -0.25) is 4.90 Å². The van der Waals surface area contributed by atoms with Crippen molar-refractivity contribution in [1.29, 1.82) is 0 Å². The molecule has 1 aromatic heterocycles. The Labute approximate surface area is 205 Å². The molecule has 0 bridgehead atoms. The Kier molecular flexibility index (Phi) is 12.1. The van der Waals surface area contributed by atoms with Crippen LogP contribution in [0.3, 0.4) is 0 Å². The number of halogens is 1. The molecule has 2 aliphatic rings. The van der Waals surface area contributed by atoms with Gasteiger partial charge < -0.3 is 19.9 Å². The third-order valence-electron chi connectivity index (χ3n) is 6.49. The van der Waals surface area contributed by atoms with E-state index in [-0.39, 0.29) is 24.0 Å². The van der Waals surface area contributed by atoms with E-state index < -0.39 is 0 Å². The number of aromatic nitrogens is 3. The van der Waals surface area contributed by atoms with Gasteiger partial charge in [-0.2, -0.15) is 0 Å². The predicted molar refractivity (Wildman–Crippen MR) is 136 cm³/mol. The third-order valence-corrected chi connectivity index (χ3v) is 6.49. The van der Waals surface area contributed by atoms with E-state index in [0.29, 0.717) is 18.7 Å². The topological polar surface area (TPSA) is 79.6 Å². The summed E-state index contributed by atoms with van der Waals surface area (Å²) in [5.41, 5.74) is 0. The average Bonchev–Trinajstić information content (AvgIpc) is 3.36. The van der Waals surface area contributed by atoms with Gasteiger partial charge in [-0.15, -0.1) is 34.2 Å². The van der Waals surface area contributed by atoms with E-state index in [0.717, 1.165) is 50.3 Å². The van der Waals surface area contributed by atoms with E-state index >= 15 is 0 Å². The SMILES string of the molecule is CCN1CCCC1CNC(=NCc1nnc(C)n1C)NCCCOC1CCCCC1.I. The van der Waals surface area contributed by atoms with Crippen molar-refractivity contribution in [2.24, 2.45) is 12.0 Å². The molecule has 1 aliphatic heterocycles. The number of ether oxygens (including phenoxy) is 1. The van der Waals surface area contributed by atoms with Crippen molar-refractivity contribution in [2.75, 3.05) is 32.8 Å². The molecule has 1 saturated carbocycles. The summed E-state index contributed by atoms with van der Waals surface area (Å²) < 4.78 is 8.05. The highest BCUT2D eigenvalue weighted by molar-refractivity contribution is 14.0. The second-order valence-corrected chi connectivity index (χ2v) is 8.60. The van der Waals surface area contributed by atoms with Gasteiger partial charge in [-0.1, -0.05) is 26.2 Å². The minimum absolute atomic E-state index is 0. The summed E-state index contributed by atoms with van der Waals surface area (Å²) in [7, 11) is 1.99. The smallest absolute Gasteiger partial charge is 0.191 e. The van der Waals surface area contributed by atoms with Gasteiger partial charge in [0.1, 0.15) is 12.4 Å². The third kappa shape index (κ3) is 8.49. The minimum Gasteiger partial charge on any atom is -0.378 e. The highest BCUT2D eigenvalue weighted by Gasteiger charge is 2.22. The van der Waals surface area contributed by atoms with Crippen LogP contribution in [0.5, 0.6) is 0 Å². The molecule has 2 N–H and O–H groups in total. The second kappa shape index (κ2) is 14.3. The highest BCUT2D eigenvalue weighted by Crippen LogP contribution is 2.20. The fourth-order valence-corrected chi connectivity index (χ4v) is 4.43. The first-order chi connectivity index (χ1) is 14.7. The van der Waals surface area contributed by atoms with Crippen molar-refractivity contribution in [3.05, 3.63) is 11.6 Å². The van der Waals surface area contributed by atoms with Gasteiger partial charge in [-0.25, -0.2) is 4.99 Å². The Morgan fingerprint density at radius 3 is 2.65 bits per heavy atom. The summed E-state index contributed by atoms with van der Waals surface area (Å²) >= 11 is 0. The Hall–Kier alpha value is -0.940. The molecule has 31 heavy (non-hydrogen) atoms. The molecule has 2 heterocycles. The zero-order valence-electron chi connectivity index (χ0n) is 19.6. The maximum Gasteiger partial charge on any atom is 0.191 e. The number of nitrogens with zero attached hydrogens (tertiary/aromatic N) is 5. The maximum absolute atomic E-state index is 6.05. The number of aryl methyl sites for hydroxylation is 1. The van der Waals surface area contributed by atoms with E-state index in [1.54, 1.807) is 0 Å². The summed E-state index contributed by atoms with van der Waals surface area (Å²) in [5.74, 6) is 2.65. The fraction of sp³-hybridized carbons (Fsp3) is 0.864. The minimum atomic E-state index is 0. The number of rotatable bonds is 10. The van der Waals surface area contributed by atoms with Crippen molar-refractivity contribution < 1.29 is 4.74 Å². The standard InChI is InChI=1S/C22H41N7O.HI/c1-4-29-14-8-10-19(29)16-24-22(25-17-21-27-26-18(2)28(21)3)23-13-9-15-30-20-11-6-5-7-12-20;/h19-20H,4-17H2,1-3H3,(H2,23,24,25);1H. The van der Waals surface area contributed by atoms with Crippen LogP contribution in [0.15, 0.2) is 4.99 Å². The Morgan fingerprint density at radius 2 is 1.94 bits per heavy atom. The van der Waals surface area contributed by atoms with E-state index in [4.69, 9.17) is 9.73 Å². The van der Waals surface area contributed by atoms with Crippen LogP contribution in [-0.2, 0) is 18.3 Å². The highest BCUT2D eigenvalue weighted by atomic mass is 127. The van der Waals surface area contributed by atoms with Gasteiger partial charge in [0.25, 0.3) is 0 Å². The van der Waals surface area contributed by atoms with E-state index in [1.807, 2.05) is 18.5 Å². The molecule has 1 atom stereocenters. The molecule has 0 radical (unpaired) electrons. The van der Waals surface area contributed by atoms with Crippen LogP contribution >= 0.6 is 24.0 Å². The Bertz CT molecular complexity index is 660. The van der Waals surface area contributed by atoms with Crippen molar-refractivity contribution in [1.82, 2.24) is 30.3 Å². The lowest BCUT2D eigenvalue weighted by molar-refractivity contribution is 0.0277. The molecule has 1 unspecified atom stereocenters. The van der Waals surface area contributed by atoms with E-state index in [9.17, 15) is 0 Å². The summed E-state index contributed by atoms with van der Waals surface area (Å²) in [6.07, 6.45) is 10.5. The van der Waals surface area contributed by atoms with Gasteiger partial charge in [-0.05, 0) is 52.1 Å². The number of likely N-dealkylation sites (tertiary alicyclic amines) is 1. The summed E-state index contributed by atoms with van der Waals surface area (Å²) in [6, 6.07) is 0.591. The van der Waals surface area contributed by atoms with Gasteiger partial charge in [0.15, 0.2) is 11.8 Å². The molecule has 0 amide bonds. The van der Waals surface area contributed by atoms with Gasteiger partial charge in [0.05, 0.1) is 6.10 Å². The summed E-state index contributed by atoms with van der Waals surface area (Å²) in [4.78, 5) is 7.33. The van der Waals surface area contributed by atoms with Crippen LogP contribution < -0.4 is 10.6 Å². The molecule has 1 saturated heterocycles. The Balaban J connectivity index is 0.00000341. The first-order valence-corrected chi connectivity index (χ1v) is 11.9. The van der Waals surface area contributed by atoms with Crippen LogP contribution in [0.2, 0.25) is 0 Å². The van der Waals surface area contributed by atoms with Crippen LogP contribution in [0.1, 0.15) is 69.9 Å². The van der Waals surface area contributed by atoms with Crippen molar-refractivity contribution in [3.8, 4) is 0 Å². The number of hydrogen-bond acceptors (Lipinski definition) is 5. The molecule has 0 aromatic carbocycles. The van der Waals surface area contributed by atoms with E-state index in [2.05, 4.69) is 32.7 Å². The lowest BCUT2D eigenvalue weighted by Crippen LogP contribution is -2.45. The quantitative estimate of drug-likeness (QED) is 0.203. The summed E-state index contributed by atoms with van der Waals surface area (Å²) in [5, 5.41) is 15.4. The van der Waals surface area contributed by atoms with Crippen molar-refractivity contribution >= 4 is 29.9 Å². The average molecular weight is 548 g/mol. The number of nitrogens with one attached hydrogen (secondary N) is 2. The first-order valence-electron chi connectivity index (χ1n) is 11.9. The molecular weight excluding hydrogens is 505 g/mol. The zero-order valence-corrected chi connectivity index (χ0v) is 21.9. The predicted octanol–water partition coefficient (Wildman–Crippen LogP) is 3.00. The monoisotopic (exact) mass is 547 g/mol. The zero-order chi connectivity index (χ0) is 21.2. The largest absolute Gasteiger partial charge is 0.378 e. The molecule has 1 aromatic rings. The normalized spacial score (nSPS) is 20.6. The molecule has 8 nitrogen and oxygen atoms in total. The van der Waals surface area contributed by atoms with Gasteiger partial charge in [0.2, 0.25) is 0 Å². The summed E-state index contributed by atoms with van der Waals surface area (Å²) in [6.45, 7) is 9.65. The molecule has 178 valence electrons. The molecule has 0 spiro atoms. The molecule has 9 heteroatoms. The molecule has 2 fully saturated rings. The number of hydrogen-bond donors (Lipinski definition) is 2. The van der Waals surface area contributed by atoms with Crippen LogP contribution in [0.4, 0.5) is 0 Å². The van der Waals surface area contributed by atoms with Crippen LogP contribution in [0, 0.1) is 6.92 Å². The number of aliphatic imine (C=N–C) groups is 1. The van der Waals surface area contributed by atoms with Crippen LogP contribution in [0.25, 0.3) is 0 Å². The number of likely N-dealkylation sites (N-methyl/N-ethyl adjacent to an activating group) is 1. The number of guanidine groups is 1. The lowest BCUT2D eigenvalue weighted by atomic mass is 9.98. The molecular formula is C22H42IN7O.